The predicted octanol–water partition coefficient (Wildman–Crippen LogP) is 3.89. The normalized spacial score (nSPS) is 12.3. The van der Waals surface area contributed by atoms with Gasteiger partial charge in [0.15, 0.2) is 11.5 Å². The van der Waals surface area contributed by atoms with Crippen molar-refractivity contribution in [3.63, 3.8) is 0 Å². The third-order valence-corrected chi connectivity index (χ3v) is 4.02. The van der Waals surface area contributed by atoms with E-state index in [2.05, 4.69) is 9.78 Å². The molecule has 0 N–H and O–H groups in total. The van der Waals surface area contributed by atoms with Gasteiger partial charge in [0.1, 0.15) is 0 Å². The number of ether oxygens (including phenoxy) is 3. The Morgan fingerprint density at radius 3 is 2.53 bits per heavy atom. The number of hydrogen-bond acceptors (Lipinski definition) is 8. The van der Waals surface area contributed by atoms with E-state index in [9.17, 15) is 14.4 Å². The molecule has 30 heavy (non-hydrogen) atoms. The summed E-state index contributed by atoms with van der Waals surface area (Å²) in [6, 6.07) is 5.47. The minimum atomic E-state index is -0.807. The lowest BCUT2D eigenvalue weighted by Gasteiger charge is -2.03. The highest BCUT2D eigenvalue weighted by atomic mass is 17.2. The Labute approximate surface area is 175 Å². The first-order valence-corrected chi connectivity index (χ1v) is 9.90. The second-order valence-corrected chi connectivity index (χ2v) is 6.47. The molecule has 8 nitrogen and oxygen atoms in total. The van der Waals surface area contributed by atoms with Crippen molar-refractivity contribution in [3.8, 4) is 11.5 Å². The van der Waals surface area contributed by atoms with Crippen LogP contribution in [0.5, 0.6) is 11.5 Å². The summed E-state index contributed by atoms with van der Waals surface area (Å²) in [4.78, 5) is 43.4. The SMILES string of the molecule is CCCCOC(=O)CCCCC(=O)OOC(=O)C=CC=Cc1ccc2c(c1)OCO2. The van der Waals surface area contributed by atoms with Gasteiger partial charge in [-0.1, -0.05) is 37.6 Å². The van der Waals surface area contributed by atoms with Gasteiger partial charge in [0, 0.05) is 12.5 Å². The Balaban J connectivity index is 1.56. The number of allylic oxidation sites excluding steroid dienone is 2. The number of fused-ring (bicyclic) bond motifs is 1. The zero-order valence-corrected chi connectivity index (χ0v) is 17.0. The third kappa shape index (κ3) is 8.81. The minimum absolute atomic E-state index is 0.0449. The van der Waals surface area contributed by atoms with Gasteiger partial charge in [-0.05, 0) is 37.0 Å². The van der Waals surface area contributed by atoms with E-state index >= 15 is 0 Å². The van der Waals surface area contributed by atoms with Gasteiger partial charge in [-0.25, -0.2) is 19.4 Å². The van der Waals surface area contributed by atoms with Crippen molar-refractivity contribution in [2.75, 3.05) is 13.4 Å². The molecule has 1 aliphatic rings. The maximum Gasteiger partial charge on any atom is 0.379 e. The van der Waals surface area contributed by atoms with E-state index in [1.807, 2.05) is 19.1 Å². The summed E-state index contributed by atoms with van der Waals surface area (Å²) in [6.45, 7) is 2.64. The van der Waals surface area contributed by atoms with Crippen LogP contribution in [0.4, 0.5) is 0 Å². The molecule has 1 aliphatic heterocycles. The highest BCUT2D eigenvalue weighted by Crippen LogP contribution is 2.32. The third-order valence-electron chi connectivity index (χ3n) is 4.02. The second kappa shape index (κ2) is 13.0. The molecule has 0 saturated carbocycles. The van der Waals surface area contributed by atoms with Crippen molar-refractivity contribution in [3.05, 3.63) is 42.0 Å². The fourth-order valence-corrected chi connectivity index (χ4v) is 2.42. The average molecular weight is 418 g/mol. The molecule has 0 atom stereocenters. The van der Waals surface area contributed by atoms with Crippen molar-refractivity contribution >= 4 is 24.0 Å². The summed E-state index contributed by atoms with van der Waals surface area (Å²) in [5.74, 6) is -0.395. The van der Waals surface area contributed by atoms with E-state index in [0.29, 0.717) is 30.9 Å². The van der Waals surface area contributed by atoms with Crippen LogP contribution in [0.15, 0.2) is 36.4 Å². The van der Waals surface area contributed by atoms with Crippen LogP contribution in [0.25, 0.3) is 6.08 Å². The molecular formula is C22H26O8. The van der Waals surface area contributed by atoms with E-state index in [1.54, 1.807) is 18.2 Å². The number of rotatable bonds is 11. The Hall–Kier alpha value is -3.29. The maximum atomic E-state index is 11.5. The molecule has 0 fully saturated rings. The van der Waals surface area contributed by atoms with E-state index in [-0.39, 0.29) is 25.6 Å². The van der Waals surface area contributed by atoms with Gasteiger partial charge in [0.25, 0.3) is 0 Å². The lowest BCUT2D eigenvalue weighted by molar-refractivity contribution is -0.255. The number of benzene rings is 1. The van der Waals surface area contributed by atoms with Crippen molar-refractivity contribution in [2.24, 2.45) is 0 Å². The van der Waals surface area contributed by atoms with Crippen LogP contribution in [-0.4, -0.2) is 31.3 Å². The van der Waals surface area contributed by atoms with Crippen LogP contribution in [0.3, 0.4) is 0 Å². The first-order valence-electron chi connectivity index (χ1n) is 9.90. The van der Waals surface area contributed by atoms with Crippen LogP contribution in [0, 0.1) is 0 Å². The Kier molecular flexibility index (Phi) is 9.99. The molecule has 0 bridgehead atoms. The largest absolute Gasteiger partial charge is 0.466 e. The number of esters is 1. The predicted molar refractivity (Wildman–Crippen MR) is 107 cm³/mol. The molecule has 0 spiro atoms. The summed E-state index contributed by atoms with van der Waals surface area (Å²) in [5.41, 5.74) is 0.873. The fourth-order valence-electron chi connectivity index (χ4n) is 2.42. The molecule has 8 heteroatoms. The zero-order valence-electron chi connectivity index (χ0n) is 17.0. The summed E-state index contributed by atoms with van der Waals surface area (Å²) in [5, 5.41) is 0. The summed E-state index contributed by atoms with van der Waals surface area (Å²) < 4.78 is 15.5. The first-order chi connectivity index (χ1) is 14.6. The number of carbonyl (C=O) groups excluding carboxylic acids is 3. The van der Waals surface area contributed by atoms with Crippen LogP contribution >= 0.6 is 0 Å². The smallest absolute Gasteiger partial charge is 0.379 e. The van der Waals surface area contributed by atoms with Gasteiger partial charge >= 0.3 is 17.9 Å². The molecule has 0 aliphatic carbocycles. The highest BCUT2D eigenvalue weighted by molar-refractivity contribution is 5.83. The average Bonchev–Trinajstić information content (AvgIpc) is 3.21. The van der Waals surface area contributed by atoms with Gasteiger partial charge in [-0.3, -0.25) is 4.79 Å². The number of unbranched alkanes of at least 4 members (excludes halogenated alkanes) is 2. The van der Waals surface area contributed by atoms with Gasteiger partial charge in [0.05, 0.1) is 13.0 Å². The molecule has 1 heterocycles. The molecule has 0 amide bonds. The summed E-state index contributed by atoms with van der Waals surface area (Å²) in [6.07, 6.45) is 9.03. The molecular weight excluding hydrogens is 392 g/mol. The van der Waals surface area contributed by atoms with E-state index in [0.717, 1.165) is 24.5 Å². The number of carbonyl (C=O) groups is 3. The van der Waals surface area contributed by atoms with Crippen molar-refractivity contribution in [2.45, 2.75) is 45.4 Å². The van der Waals surface area contributed by atoms with Gasteiger partial charge in [-0.15, -0.1) is 0 Å². The quantitative estimate of drug-likeness (QED) is 0.133. The Bertz CT molecular complexity index is 781. The lowest BCUT2D eigenvalue weighted by Crippen LogP contribution is -2.10. The Morgan fingerprint density at radius 1 is 0.967 bits per heavy atom. The zero-order chi connectivity index (χ0) is 21.6. The van der Waals surface area contributed by atoms with E-state index in [4.69, 9.17) is 14.2 Å². The second-order valence-electron chi connectivity index (χ2n) is 6.47. The van der Waals surface area contributed by atoms with Crippen molar-refractivity contribution < 1.29 is 38.4 Å². The van der Waals surface area contributed by atoms with Crippen molar-refractivity contribution in [1.82, 2.24) is 0 Å². The molecule has 1 aromatic carbocycles. The lowest BCUT2D eigenvalue weighted by atomic mass is 10.2. The standard InChI is InChI=1S/C22H26O8/c1-2-3-14-26-20(23)9-6-7-11-22(25)30-29-21(24)10-5-4-8-17-12-13-18-19(15-17)28-16-27-18/h4-5,8,10,12-13,15H,2-3,6-7,9,11,14,16H2,1H3. The van der Waals surface area contributed by atoms with Gasteiger partial charge in [-0.2, -0.15) is 0 Å². The van der Waals surface area contributed by atoms with Gasteiger partial charge in [0.2, 0.25) is 6.79 Å². The van der Waals surface area contributed by atoms with Crippen LogP contribution in [-0.2, 0) is 28.9 Å². The first kappa shape index (κ1) is 23.0. The fraction of sp³-hybridized carbons (Fsp3) is 0.409. The maximum absolute atomic E-state index is 11.5. The molecule has 162 valence electrons. The van der Waals surface area contributed by atoms with Gasteiger partial charge < -0.3 is 14.2 Å². The van der Waals surface area contributed by atoms with E-state index in [1.165, 1.54) is 6.08 Å². The van der Waals surface area contributed by atoms with Crippen LogP contribution in [0.1, 0.15) is 51.0 Å². The highest BCUT2D eigenvalue weighted by Gasteiger charge is 2.12. The molecule has 1 aromatic rings. The van der Waals surface area contributed by atoms with Crippen LogP contribution < -0.4 is 9.47 Å². The topological polar surface area (TPSA) is 97.4 Å². The molecule has 0 radical (unpaired) electrons. The molecule has 2 rings (SSSR count). The summed E-state index contributed by atoms with van der Waals surface area (Å²) >= 11 is 0. The molecule has 0 unspecified atom stereocenters. The van der Waals surface area contributed by atoms with E-state index < -0.39 is 11.9 Å². The Morgan fingerprint density at radius 2 is 1.73 bits per heavy atom. The van der Waals surface area contributed by atoms with Crippen LogP contribution in [0.2, 0.25) is 0 Å². The summed E-state index contributed by atoms with van der Waals surface area (Å²) in [7, 11) is 0. The number of hydrogen-bond donors (Lipinski definition) is 0. The van der Waals surface area contributed by atoms with Crippen molar-refractivity contribution in [1.29, 1.82) is 0 Å². The minimum Gasteiger partial charge on any atom is -0.466 e. The monoisotopic (exact) mass is 418 g/mol. The molecule has 0 aromatic heterocycles. The molecule has 0 saturated heterocycles.